The van der Waals surface area contributed by atoms with Gasteiger partial charge in [0.2, 0.25) is 15.9 Å². The van der Waals surface area contributed by atoms with E-state index in [1.54, 1.807) is 12.4 Å². The number of aromatic nitrogens is 3. The molecule has 11 heteroatoms. The van der Waals surface area contributed by atoms with Gasteiger partial charge in [0.05, 0.1) is 24.1 Å². The first-order valence-corrected chi connectivity index (χ1v) is 13.4. The molecule has 3 aromatic rings. The van der Waals surface area contributed by atoms with Crippen molar-refractivity contribution in [3.8, 4) is 17.1 Å². The van der Waals surface area contributed by atoms with E-state index in [0.29, 0.717) is 27.8 Å². The summed E-state index contributed by atoms with van der Waals surface area (Å²) in [5, 5.41) is 9.75. The number of ether oxygens (including phenoxy) is 1. The van der Waals surface area contributed by atoms with E-state index in [2.05, 4.69) is 41.8 Å². The third-order valence-corrected chi connectivity index (χ3v) is 7.18. The highest BCUT2D eigenvalue weighted by atomic mass is 32.2. The number of rotatable bonds is 10. The van der Waals surface area contributed by atoms with Crippen molar-refractivity contribution in [2.24, 2.45) is 0 Å². The van der Waals surface area contributed by atoms with Gasteiger partial charge >= 0.3 is 0 Å². The summed E-state index contributed by atoms with van der Waals surface area (Å²) in [6.07, 6.45) is 6.74. The minimum Gasteiger partial charge on any atom is -0.472 e. The van der Waals surface area contributed by atoms with Gasteiger partial charge in [0.15, 0.2) is 5.52 Å². The maximum absolute atomic E-state index is 11.9. The second-order valence-corrected chi connectivity index (χ2v) is 10.9. The Morgan fingerprint density at radius 3 is 2.56 bits per heavy atom. The van der Waals surface area contributed by atoms with Crippen molar-refractivity contribution in [3.05, 3.63) is 42.7 Å². The van der Waals surface area contributed by atoms with Gasteiger partial charge in [-0.15, -0.1) is 0 Å². The third kappa shape index (κ3) is 5.84. The first-order valence-electron chi connectivity index (χ1n) is 11.1. The molecule has 34 heavy (non-hydrogen) atoms. The van der Waals surface area contributed by atoms with Gasteiger partial charge in [-0.05, 0) is 36.2 Å². The molecule has 1 aromatic carbocycles. The molecule has 0 aliphatic carbocycles. The van der Waals surface area contributed by atoms with Crippen molar-refractivity contribution in [1.29, 1.82) is 0 Å². The molecular weight excluding hydrogens is 470 g/mol. The van der Waals surface area contributed by atoms with Gasteiger partial charge in [-0.1, -0.05) is 12.1 Å². The minimum atomic E-state index is -3.47. The zero-order valence-electron chi connectivity index (χ0n) is 19.0. The largest absolute Gasteiger partial charge is 0.472 e. The van der Waals surface area contributed by atoms with Gasteiger partial charge < -0.3 is 14.7 Å². The van der Waals surface area contributed by atoms with Crippen molar-refractivity contribution >= 4 is 41.8 Å². The number of fused-ring (bicyclic) bond motifs is 1. The van der Waals surface area contributed by atoms with Crippen molar-refractivity contribution in [2.75, 3.05) is 50.5 Å². The highest BCUT2D eigenvalue weighted by Crippen LogP contribution is 2.29. The molecule has 2 radical (unpaired) electrons. The predicted molar refractivity (Wildman–Crippen MR) is 134 cm³/mol. The van der Waals surface area contributed by atoms with Gasteiger partial charge in [-0.3, -0.25) is 4.98 Å². The van der Waals surface area contributed by atoms with Crippen LogP contribution in [0.1, 0.15) is 12.8 Å². The summed E-state index contributed by atoms with van der Waals surface area (Å²) >= 11 is 0. The topological polar surface area (TPSA) is 109 Å². The Kier molecular flexibility index (Phi) is 7.66. The third-order valence-electron chi connectivity index (χ3n) is 5.63. The maximum Gasteiger partial charge on any atom is 0.243 e. The average Bonchev–Trinajstić information content (AvgIpc) is 3.37. The highest BCUT2D eigenvalue weighted by molar-refractivity contribution is 7.88. The summed E-state index contributed by atoms with van der Waals surface area (Å²) in [4.78, 5) is 15.9. The Hall–Kier alpha value is -2.73. The number of benzene rings is 1. The molecule has 1 fully saturated rings. The lowest BCUT2D eigenvalue weighted by molar-refractivity contribution is 0.261. The molecule has 0 spiro atoms. The molecule has 0 atom stereocenters. The number of hydrogen-bond donors (Lipinski definition) is 1. The molecule has 0 unspecified atom stereocenters. The Bertz CT molecular complexity index is 1260. The van der Waals surface area contributed by atoms with Gasteiger partial charge in [0.1, 0.15) is 6.61 Å². The monoisotopic (exact) mass is 497 g/mol. The van der Waals surface area contributed by atoms with E-state index in [-0.39, 0.29) is 26.3 Å². The van der Waals surface area contributed by atoms with E-state index in [1.807, 2.05) is 18.2 Å². The Balaban J connectivity index is 1.55. The zero-order chi connectivity index (χ0) is 24.1. The van der Waals surface area contributed by atoms with E-state index in [0.717, 1.165) is 24.9 Å². The SMILES string of the molecule is CS(=O)(=O)N(CCO)CC(=[Si])COc1nc(-c2ccc(N3CCCC3)cc2)cc2nccnc12. The van der Waals surface area contributed by atoms with Crippen LogP contribution < -0.4 is 9.64 Å². The number of sulfonamides is 1. The lowest BCUT2D eigenvalue weighted by Crippen LogP contribution is -2.38. The van der Waals surface area contributed by atoms with Crippen LogP contribution in [0.3, 0.4) is 0 Å². The number of anilines is 1. The number of aliphatic hydroxyl groups excluding tert-OH is 1. The molecule has 3 heterocycles. The van der Waals surface area contributed by atoms with Crippen LogP contribution in [-0.4, -0.2) is 93.5 Å². The second-order valence-electron chi connectivity index (χ2n) is 8.19. The number of nitrogens with zero attached hydrogens (tertiary/aromatic N) is 5. The van der Waals surface area contributed by atoms with Crippen LogP contribution in [0, 0.1) is 0 Å². The fourth-order valence-electron chi connectivity index (χ4n) is 3.90. The molecule has 1 N–H and O–H groups in total. The van der Waals surface area contributed by atoms with Crippen LogP contribution in [0.25, 0.3) is 22.3 Å². The van der Waals surface area contributed by atoms with E-state index < -0.39 is 10.0 Å². The minimum absolute atomic E-state index is 0.00236. The van der Waals surface area contributed by atoms with E-state index in [9.17, 15) is 8.42 Å². The van der Waals surface area contributed by atoms with Crippen LogP contribution in [0.15, 0.2) is 42.7 Å². The van der Waals surface area contributed by atoms with Crippen LogP contribution in [0.5, 0.6) is 5.88 Å². The predicted octanol–water partition coefficient (Wildman–Crippen LogP) is 1.27. The summed E-state index contributed by atoms with van der Waals surface area (Å²) in [6.45, 7) is 2.04. The highest BCUT2D eigenvalue weighted by Gasteiger charge is 2.18. The maximum atomic E-state index is 11.9. The molecule has 9 nitrogen and oxygen atoms in total. The standard InChI is InChI=1S/C23H27N5O4SSi/c1-33(30,31)28(12-13-29)15-19(34)16-32-23-22-21(24-8-9-25-22)14-20(26-23)17-4-6-18(7-5-17)27-10-2-3-11-27/h4-9,14,29H,2-3,10-13,15-16H2,1H3. The molecule has 1 saturated heterocycles. The second kappa shape index (κ2) is 10.7. The lowest BCUT2D eigenvalue weighted by atomic mass is 10.1. The summed E-state index contributed by atoms with van der Waals surface area (Å²) in [7, 11) is -0.00737. The Morgan fingerprint density at radius 1 is 1.18 bits per heavy atom. The van der Waals surface area contributed by atoms with E-state index in [1.165, 1.54) is 22.8 Å². The van der Waals surface area contributed by atoms with Crippen LogP contribution in [-0.2, 0) is 10.0 Å². The smallest absolute Gasteiger partial charge is 0.243 e. The van der Waals surface area contributed by atoms with Crippen molar-refractivity contribution in [3.63, 3.8) is 0 Å². The van der Waals surface area contributed by atoms with Crippen molar-refractivity contribution < 1.29 is 18.3 Å². The summed E-state index contributed by atoms with van der Waals surface area (Å²) in [6, 6.07) is 10.2. The molecule has 0 amide bonds. The zero-order valence-corrected chi connectivity index (χ0v) is 20.8. The average molecular weight is 498 g/mol. The molecule has 0 saturated carbocycles. The Labute approximate surface area is 202 Å². The molecular formula is C23H27N5O4SSi. The summed E-state index contributed by atoms with van der Waals surface area (Å²) in [5.74, 6) is 0.313. The van der Waals surface area contributed by atoms with Crippen LogP contribution in [0.4, 0.5) is 5.69 Å². The van der Waals surface area contributed by atoms with Crippen molar-refractivity contribution in [1.82, 2.24) is 19.3 Å². The van der Waals surface area contributed by atoms with E-state index >= 15 is 0 Å². The molecule has 0 bridgehead atoms. The van der Waals surface area contributed by atoms with Gasteiger partial charge in [-0.25, -0.2) is 18.4 Å². The quantitative estimate of drug-likeness (QED) is 0.417. The molecule has 4 rings (SSSR count). The first kappa shape index (κ1) is 24.4. The number of aliphatic hydroxyl groups is 1. The molecule has 2 aromatic heterocycles. The van der Waals surface area contributed by atoms with Crippen molar-refractivity contribution in [2.45, 2.75) is 12.8 Å². The summed E-state index contributed by atoms with van der Waals surface area (Å²) < 4.78 is 31.0. The van der Waals surface area contributed by atoms with Gasteiger partial charge in [0, 0.05) is 59.7 Å². The van der Waals surface area contributed by atoms with Gasteiger partial charge in [0.25, 0.3) is 0 Å². The van der Waals surface area contributed by atoms with Crippen LogP contribution in [0.2, 0.25) is 0 Å². The van der Waals surface area contributed by atoms with Gasteiger partial charge in [-0.2, -0.15) is 4.31 Å². The molecule has 178 valence electrons. The normalized spacial score (nSPS) is 14.1. The number of hydrogen-bond acceptors (Lipinski definition) is 8. The van der Waals surface area contributed by atoms with E-state index in [4.69, 9.17) is 9.84 Å². The molecule has 1 aliphatic rings. The van der Waals surface area contributed by atoms with Crippen LogP contribution >= 0.6 is 0 Å². The lowest BCUT2D eigenvalue weighted by Gasteiger charge is -2.20. The molecule has 1 aliphatic heterocycles. The Morgan fingerprint density at radius 2 is 1.88 bits per heavy atom. The fraction of sp³-hybridized carbons (Fsp3) is 0.391. The number of pyridine rings is 1. The first-order chi connectivity index (χ1) is 16.3. The summed E-state index contributed by atoms with van der Waals surface area (Å²) in [5.41, 5.74) is 4.03. The fourth-order valence-corrected chi connectivity index (χ4v) is 5.08.